The van der Waals surface area contributed by atoms with Crippen molar-refractivity contribution < 1.29 is 37.9 Å². The van der Waals surface area contributed by atoms with Crippen molar-refractivity contribution in [2.45, 2.75) is 67.6 Å². The van der Waals surface area contributed by atoms with Crippen LogP contribution >= 0.6 is 0 Å². The minimum atomic E-state index is -2.40. The number of furan rings is 3. The molecule has 0 aliphatic heterocycles. The lowest BCUT2D eigenvalue weighted by Crippen LogP contribution is -2.31. The molecule has 9 heterocycles. The summed E-state index contributed by atoms with van der Waals surface area (Å²) in [6.07, 6.45) is 11.7. The zero-order valence-electron chi connectivity index (χ0n) is 59.4. The maximum absolute atomic E-state index is 8.30. The van der Waals surface area contributed by atoms with Gasteiger partial charge in [-0.05, 0) is 145 Å². The summed E-state index contributed by atoms with van der Waals surface area (Å²) >= 11 is 0. The average Bonchev–Trinajstić information content (AvgIpc) is 1.67. The Morgan fingerprint density at radius 3 is 1.18 bits per heavy atom. The van der Waals surface area contributed by atoms with Crippen LogP contribution in [-0.4, -0.2) is 15.0 Å². The van der Waals surface area contributed by atoms with E-state index < -0.39 is 25.5 Å². The normalized spacial score (nSPS) is 14.5. The van der Waals surface area contributed by atoms with E-state index >= 15 is 0 Å². The first kappa shape index (κ1) is 48.7. The summed E-state index contributed by atoms with van der Waals surface area (Å²) in [7, 11) is 6.12. The Kier molecular flexibility index (Phi) is 13.2. The molecule has 0 fully saturated rings. The number of rotatable bonds is 9. The van der Waals surface area contributed by atoms with E-state index in [0.29, 0.717) is 22.7 Å². The monoisotopic (exact) mass is 1170 g/mol. The quantitative estimate of drug-likeness (QED) is 0.134. The SMILES string of the molecule is Cc1cccc(-c2ccc(-c3c(C)ccc4c3oc3ncccc34)[n+](C)c2)c1.[2H]C([2H])([2H])C([2H])(C)Cc1ccc(-c2ccc(-c3c(C)ccc4c3oc3ncccc34)[n+](C)c2)cc1.[2H]C([2H])([2H])C([2H])(C)c1ccc(-c2ccc(-c3c(C)ccc4c3oc3ncccc34)[n+](C)c2)cc1. The van der Waals surface area contributed by atoms with Crippen molar-refractivity contribution >= 4 is 66.2 Å². The molecule has 0 aliphatic carbocycles. The molecule has 0 N–H and O–H groups in total. The maximum atomic E-state index is 8.30. The van der Waals surface area contributed by atoms with Gasteiger partial charge >= 0.3 is 0 Å². The minimum absolute atomic E-state index is 0.173. The van der Waals surface area contributed by atoms with Crippen LogP contribution in [0.15, 0.2) is 232 Å². The zero-order valence-corrected chi connectivity index (χ0v) is 51.4. The van der Waals surface area contributed by atoms with Crippen LogP contribution in [0.2, 0.25) is 0 Å². The van der Waals surface area contributed by atoms with Crippen LogP contribution in [0, 0.1) is 33.6 Å². The van der Waals surface area contributed by atoms with E-state index in [4.69, 9.17) is 24.2 Å². The van der Waals surface area contributed by atoms with Gasteiger partial charge in [0.2, 0.25) is 34.2 Å². The highest BCUT2D eigenvalue weighted by molar-refractivity contribution is 6.11. The standard InChI is InChI=1S/C28H27N2O.C27H25N2O.C25H21N2O/c1-18(2)16-20-8-10-21(11-9-20)22-12-14-25(30(4)17-22)26-19(3)7-13-23-24-6-5-15-29-28(24)31-27(23)26;1-17(2)19-8-10-20(11-9-19)21-12-14-24(29(4)16-21)25-18(3)7-13-22-23-6-5-15-28-27(23)30-26(22)25;1-16-6-4-7-18(14-16)19-10-12-22(27(3)15-19)23-17(2)9-11-20-21-8-5-13-26-25(21)28-24(20)23/h5-15,17-18H,16H2,1-4H3;5-17H,1-4H3;4-15H,1-3H3/q3*+1/i1D3,18D;1D3,17D;. The topological polar surface area (TPSA) is 89.7 Å². The second-order valence-corrected chi connectivity index (χ2v) is 23.2. The lowest BCUT2D eigenvalue weighted by molar-refractivity contribution is -0.660. The first-order valence-corrected chi connectivity index (χ1v) is 29.8. The molecule has 0 saturated carbocycles. The first-order chi connectivity index (χ1) is 46.2. The molecule has 9 heteroatoms. The van der Waals surface area contributed by atoms with Gasteiger partial charge in [0.25, 0.3) is 0 Å². The van der Waals surface area contributed by atoms with E-state index in [0.717, 1.165) is 122 Å². The molecule has 89 heavy (non-hydrogen) atoms. The van der Waals surface area contributed by atoms with Gasteiger partial charge in [-0.15, -0.1) is 0 Å². The minimum Gasteiger partial charge on any atom is -0.437 e. The third kappa shape index (κ3) is 11.3. The molecule has 15 rings (SSSR count). The van der Waals surface area contributed by atoms with Gasteiger partial charge in [0.1, 0.15) is 21.1 Å². The fraction of sp³-hybridized carbons (Fsp3) is 0.175. The molecule has 0 aliphatic rings. The number of aromatic nitrogens is 6. The molecular formula is C80H73N6O3+3. The predicted molar refractivity (Wildman–Crippen MR) is 362 cm³/mol. The molecule has 15 aromatic rings. The van der Waals surface area contributed by atoms with Crippen molar-refractivity contribution in [1.82, 2.24) is 15.0 Å². The smallest absolute Gasteiger partial charge is 0.227 e. The van der Waals surface area contributed by atoms with Crippen LogP contribution in [0.25, 0.3) is 133 Å². The number of benzene rings is 6. The molecule has 0 spiro atoms. The molecule has 9 nitrogen and oxygen atoms in total. The van der Waals surface area contributed by atoms with Crippen LogP contribution in [0.3, 0.4) is 0 Å². The van der Waals surface area contributed by atoms with Crippen molar-refractivity contribution in [3.63, 3.8) is 0 Å². The number of aryl methyl sites for hydroxylation is 7. The Bertz CT molecular complexity index is 5510. The first-order valence-electron chi connectivity index (χ1n) is 33.8. The largest absolute Gasteiger partial charge is 0.437 e. The average molecular weight is 1170 g/mol. The van der Waals surface area contributed by atoms with Crippen LogP contribution in [-0.2, 0) is 27.6 Å². The molecule has 2 atom stereocenters. The van der Waals surface area contributed by atoms with Gasteiger partial charge < -0.3 is 13.3 Å². The van der Waals surface area contributed by atoms with Crippen molar-refractivity contribution in [2.75, 3.05) is 0 Å². The van der Waals surface area contributed by atoms with E-state index in [9.17, 15) is 0 Å². The second-order valence-electron chi connectivity index (χ2n) is 23.2. The molecule has 0 radical (unpaired) electrons. The Labute approximate surface area is 531 Å². The summed E-state index contributed by atoms with van der Waals surface area (Å²) in [5.74, 6) is -3.18. The summed E-state index contributed by atoms with van der Waals surface area (Å²) in [6, 6.07) is 60.8. The highest BCUT2D eigenvalue weighted by Gasteiger charge is 2.25. The van der Waals surface area contributed by atoms with E-state index in [1.165, 1.54) is 36.1 Å². The number of pyridine rings is 6. The Morgan fingerprint density at radius 2 is 0.798 bits per heavy atom. The predicted octanol–water partition coefficient (Wildman–Crippen LogP) is 19.0. The Morgan fingerprint density at radius 1 is 0.404 bits per heavy atom. The van der Waals surface area contributed by atoms with Crippen LogP contribution < -0.4 is 13.7 Å². The summed E-state index contributed by atoms with van der Waals surface area (Å²) < 4.78 is 87.2. The van der Waals surface area contributed by atoms with Gasteiger partial charge in [0.15, 0.2) is 35.3 Å². The van der Waals surface area contributed by atoms with E-state index in [1.54, 1.807) is 30.7 Å². The summed E-state index contributed by atoms with van der Waals surface area (Å²) in [4.78, 5) is 13.2. The molecule has 0 saturated heterocycles. The molecule has 438 valence electrons. The van der Waals surface area contributed by atoms with Crippen LogP contribution in [0.5, 0.6) is 0 Å². The Balaban J connectivity index is 0.000000132. The molecule has 0 bridgehead atoms. The fourth-order valence-electron chi connectivity index (χ4n) is 12.2. The van der Waals surface area contributed by atoms with Gasteiger partial charge in [0.05, 0.1) is 16.7 Å². The van der Waals surface area contributed by atoms with Gasteiger partial charge in [-0.2, -0.15) is 0 Å². The van der Waals surface area contributed by atoms with Gasteiger partial charge in [-0.25, -0.2) is 28.7 Å². The fourth-order valence-corrected chi connectivity index (χ4v) is 12.2. The molecule has 6 aromatic carbocycles. The molecular weight excluding hydrogens is 1090 g/mol. The number of fused-ring (bicyclic) bond motifs is 9. The van der Waals surface area contributed by atoms with E-state index in [1.807, 2.05) is 93.1 Å². The molecule has 0 amide bonds. The molecule has 9 aromatic heterocycles. The summed E-state index contributed by atoms with van der Waals surface area (Å²) in [5.41, 5.74) is 23.3. The van der Waals surface area contributed by atoms with Crippen LogP contribution in [0.4, 0.5) is 0 Å². The van der Waals surface area contributed by atoms with Gasteiger partial charge in [-0.3, -0.25) is 0 Å². The highest BCUT2D eigenvalue weighted by atomic mass is 16.3. The van der Waals surface area contributed by atoms with E-state index in [-0.39, 0.29) is 6.42 Å². The summed E-state index contributed by atoms with van der Waals surface area (Å²) in [6.45, 7) is 6.58. The highest BCUT2D eigenvalue weighted by Crippen LogP contribution is 2.40. The van der Waals surface area contributed by atoms with Gasteiger partial charge in [-0.1, -0.05) is 142 Å². The van der Waals surface area contributed by atoms with Crippen LogP contribution in [0.1, 0.15) is 77.8 Å². The lowest BCUT2D eigenvalue weighted by atomic mass is 9.98. The van der Waals surface area contributed by atoms with Crippen molar-refractivity contribution in [3.05, 3.63) is 253 Å². The lowest BCUT2D eigenvalue weighted by Gasteiger charge is -2.09. The number of hydrogen-bond donors (Lipinski definition) is 0. The third-order valence-electron chi connectivity index (χ3n) is 16.8. The van der Waals surface area contributed by atoms with E-state index in [2.05, 4.69) is 173 Å². The van der Waals surface area contributed by atoms with Crippen molar-refractivity contribution in [3.8, 4) is 67.2 Å². The zero-order chi connectivity index (χ0) is 68.5. The number of hydrogen-bond acceptors (Lipinski definition) is 6. The van der Waals surface area contributed by atoms with Gasteiger partial charge in [0, 0.05) is 96.8 Å². The third-order valence-corrected chi connectivity index (χ3v) is 16.8. The Hall–Kier alpha value is -10.4. The molecule has 2 unspecified atom stereocenters. The van der Waals surface area contributed by atoms with Crippen molar-refractivity contribution in [2.24, 2.45) is 27.0 Å². The summed E-state index contributed by atoms with van der Waals surface area (Å²) in [5, 5.41) is 6.24. The van der Waals surface area contributed by atoms with Crippen molar-refractivity contribution in [1.29, 1.82) is 0 Å². The maximum Gasteiger partial charge on any atom is 0.227 e. The second kappa shape index (κ2) is 24.1. The number of nitrogens with zero attached hydrogens (tertiary/aromatic N) is 6.